The molecule has 0 unspecified atom stereocenters. The lowest BCUT2D eigenvalue weighted by Crippen LogP contribution is -2.21. The van der Waals surface area contributed by atoms with Gasteiger partial charge in [-0.1, -0.05) is 12.1 Å². The lowest BCUT2D eigenvalue weighted by molar-refractivity contribution is -0.120. The quantitative estimate of drug-likeness (QED) is 0.670. The van der Waals surface area contributed by atoms with Crippen LogP contribution in [0.5, 0.6) is 17.2 Å². The molecule has 1 amide bonds. The fraction of sp³-hybridized carbons (Fsp3) is 0.364. The van der Waals surface area contributed by atoms with Gasteiger partial charge in [0, 0.05) is 6.54 Å². The standard InChI is InChI=1S/C22H26N2O4/c1-15-11-16(2)17(3)20(12-15)27-9-10-28-21-13-18(5-6-19(21)26-4)14-24-22(25)7-8-23/h5-6,11-13H,7,9-10,14H2,1-4H3,(H,24,25). The van der Waals surface area contributed by atoms with E-state index >= 15 is 0 Å². The van der Waals surface area contributed by atoms with Crippen molar-refractivity contribution in [3.63, 3.8) is 0 Å². The minimum Gasteiger partial charge on any atom is -0.493 e. The Morgan fingerprint density at radius 1 is 1.04 bits per heavy atom. The van der Waals surface area contributed by atoms with Crippen LogP contribution in [0, 0.1) is 32.1 Å². The van der Waals surface area contributed by atoms with E-state index in [1.54, 1.807) is 13.2 Å². The SMILES string of the molecule is COc1ccc(CNC(=O)CC#N)cc1OCCOc1cc(C)cc(C)c1C. The van der Waals surface area contributed by atoms with Crippen molar-refractivity contribution < 1.29 is 19.0 Å². The van der Waals surface area contributed by atoms with Crippen molar-refractivity contribution in [1.82, 2.24) is 5.32 Å². The van der Waals surface area contributed by atoms with Crippen molar-refractivity contribution >= 4 is 5.91 Å². The van der Waals surface area contributed by atoms with Crippen LogP contribution in [0.25, 0.3) is 0 Å². The molecule has 0 aliphatic heterocycles. The number of rotatable bonds is 9. The lowest BCUT2D eigenvalue weighted by Gasteiger charge is -2.15. The maximum atomic E-state index is 11.4. The van der Waals surface area contributed by atoms with Crippen LogP contribution in [0.1, 0.15) is 28.7 Å². The van der Waals surface area contributed by atoms with Gasteiger partial charge in [-0.2, -0.15) is 5.26 Å². The summed E-state index contributed by atoms with van der Waals surface area (Å²) >= 11 is 0. The lowest BCUT2D eigenvalue weighted by atomic mass is 10.1. The minimum absolute atomic E-state index is 0.158. The van der Waals surface area contributed by atoms with Gasteiger partial charge in [0.2, 0.25) is 5.91 Å². The summed E-state index contributed by atoms with van der Waals surface area (Å²) in [6, 6.07) is 11.4. The second kappa shape index (κ2) is 10.2. The van der Waals surface area contributed by atoms with E-state index in [0.29, 0.717) is 31.3 Å². The Bertz CT molecular complexity index is 872. The Labute approximate surface area is 166 Å². The molecule has 2 rings (SSSR count). The van der Waals surface area contributed by atoms with E-state index in [1.807, 2.05) is 38.1 Å². The normalized spacial score (nSPS) is 10.1. The molecule has 2 aromatic rings. The molecule has 0 spiro atoms. The van der Waals surface area contributed by atoms with Gasteiger partial charge in [0.25, 0.3) is 0 Å². The average Bonchev–Trinajstić information content (AvgIpc) is 2.67. The predicted molar refractivity (Wildman–Crippen MR) is 107 cm³/mol. The zero-order chi connectivity index (χ0) is 20.5. The summed E-state index contributed by atoms with van der Waals surface area (Å²) in [4.78, 5) is 11.4. The summed E-state index contributed by atoms with van der Waals surface area (Å²) in [5.74, 6) is 1.74. The number of benzene rings is 2. The number of nitriles is 1. The summed E-state index contributed by atoms with van der Waals surface area (Å²) in [6.07, 6.45) is -0.158. The van der Waals surface area contributed by atoms with Crippen LogP contribution in [0.4, 0.5) is 0 Å². The highest BCUT2D eigenvalue weighted by Gasteiger charge is 2.08. The summed E-state index contributed by atoms with van der Waals surface area (Å²) in [5, 5.41) is 11.2. The number of methoxy groups -OCH3 is 1. The molecule has 0 aliphatic carbocycles. The highest BCUT2D eigenvalue weighted by Crippen LogP contribution is 2.28. The number of aryl methyl sites for hydroxylation is 2. The number of hydrogen-bond donors (Lipinski definition) is 1. The molecule has 0 heterocycles. The van der Waals surface area contributed by atoms with Crippen molar-refractivity contribution in [2.24, 2.45) is 0 Å². The fourth-order valence-corrected chi connectivity index (χ4v) is 2.73. The molecule has 6 nitrogen and oxygen atoms in total. The topological polar surface area (TPSA) is 80.6 Å². The molecule has 148 valence electrons. The predicted octanol–water partition coefficient (Wildman–Crippen LogP) is 3.61. The van der Waals surface area contributed by atoms with Crippen LogP contribution in [0.3, 0.4) is 0 Å². The number of carbonyl (C=O) groups excluding carboxylic acids is 1. The highest BCUT2D eigenvalue weighted by molar-refractivity contribution is 5.77. The third kappa shape index (κ3) is 5.92. The van der Waals surface area contributed by atoms with Gasteiger partial charge in [0.15, 0.2) is 11.5 Å². The van der Waals surface area contributed by atoms with Crippen molar-refractivity contribution in [3.8, 4) is 23.3 Å². The van der Waals surface area contributed by atoms with E-state index in [-0.39, 0.29) is 12.3 Å². The second-order valence-electron chi connectivity index (χ2n) is 6.50. The molecular formula is C22H26N2O4. The van der Waals surface area contributed by atoms with Gasteiger partial charge in [0.1, 0.15) is 25.4 Å². The van der Waals surface area contributed by atoms with Gasteiger partial charge in [-0.05, 0) is 61.2 Å². The van der Waals surface area contributed by atoms with Gasteiger partial charge in [0.05, 0.1) is 13.2 Å². The van der Waals surface area contributed by atoms with E-state index in [1.165, 1.54) is 5.56 Å². The highest BCUT2D eigenvalue weighted by atomic mass is 16.5. The van der Waals surface area contributed by atoms with Gasteiger partial charge < -0.3 is 19.5 Å². The van der Waals surface area contributed by atoms with E-state index < -0.39 is 0 Å². The van der Waals surface area contributed by atoms with E-state index in [2.05, 4.69) is 18.3 Å². The molecule has 0 atom stereocenters. The first-order valence-electron chi connectivity index (χ1n) is 9.08. The van der Waals surface area contributed by atoms with Crippen molar-refractivity contribution in [2.45, 2.75) is 33.7 Å². The third-order valence-electron chi connectivity index (χ3n) is 4.32. The number of ether oxygens (including phenoxy) is 3. The Balaban J connectivity index is 1.94. The van der Waals surface area contributed by atoms with Crippen LogP contribution in [-0.4, -0.2) is 26.2 Å². The van der Waals surface area contributed by atoms with Gasteiger partial charge in [-0.25, -0.2) is 0 Å². The smallest absolute Gasteiger partial charge is 0.234 e. The zero-order valence-electron chi connectivity index (χ0n) is 16.8. The maximum Gasteiger partial charge on any atom is 0.234 e. The van der Waals surface area contributed by atoms with Gasteiger partial charge in [-0.15, -0.1) is 0 Å². The first kappa shape index (κ1) is 21.1. The van der Waals surface area contributed by atoms with Gasteiger partial charge in [-0.3, -0.25) is 4.79 Å². The Morgan fingerprint density at radius 2 is 1.75 bits per heavy atom. The Hall–Kier alpha value is -3.20. The molecule has 0 saturated carbocycles. The molecule has 0 aliphatic rings. The second-order valence-corrected chi connectivity index (χ2v) is 6.50. The molecule has 0 saturated heterocycles. The zero-order valence-corrected chi connectivity index (χ0v) is 16.8. The van der Waals surface area contributed by atoms with Crippen LogP contribution in [0.2, 0.25) is 0 Å². The number of amides is 1. The monoisotopic (exact) mass is 382 g/mol. The molecule has 0 fully saturated rings. The van der Waals surface area contributed by atoms with Crippen molar-refractivity contribution in [1.29, 1.82) is 5.26 Å². The molecular weight excluding hydrogens is 356 g/mol. The van der Waals surface area contributed by atoms with Crippen molar-refractivity contribution in [3.05, 3.63) is 52.6 Å². The number of nitrogens with one attached hydrogen (secondary N) is 1. The minimum atomic E-state index is -0.307. The van der Waals surface area contributed by atoms with Crippen LogP contribution in [-0.2, 0) is 11.3 Å². The fourth-order valence-electron chi connectivity index (χ4n) is 2.73. The summed E-state index contributed by atoms with van der Waals surface area (Å²) in [6.45, 7) is 7.22. The first-order chi connectivity index (χ1) is 13.4. The summed E-state index contributed by atoms with van der Waals surface area (Å²) in [5.41, 5.74) is 4.34. The van der Waals surface area contributed by atoms with Gasteiger partial charge >= 0.3 is 0 Å². The maximum absolute atomic E-state index is 11.4. The summed E-state index contributed by atoms with van der Waals surface area (Å²) < 4.78 is 17.0. The Morgan fingerprint density at radius 3 is 2.43 bits per heavy atom. The van der Waals surface area contributed by atoms with E-state index in [9.17, 15) is 4.79 Å². The summed E-state index contributed by atoms with van der Waals surface area (Å²) in [7, 11) is 1.58. The molecule has 0 aromatic heterocycles. The first-order valence-corrected chi connectivity index (χ1v) is 9.08. The molecule has 2 aromatic carbocycles. The van der Waals surface area contributed by atoms with Crippen molar-refractivity contribution in [2.75, 3.05) is 20.3 Å². The largest absolute Gasteiger partial charge is 0.493 e. The molecule has 28 heavy (non-hydrogen) atoms. The Kier molecular flexibility index (Phi) is 7.70. The number of nitrogens with zero attached hydrogens (tertiary/aromatic N) is 1. The van der Waals surface area contributed by atoms with Crippen LogP contribution >= 0.6 is 0 Å². The van der Waals surface area contributed by atoms with Crippen LogP contribution in [0.15, 0.2) is 30.3 Å². The molecule has 0 radical (unpaired) electrons. The number of carbonyl (C=O) groups is 1. The molecule has 1 N–H and O–H groups in total. The van der Waals surface area contributed by atoms with E-state index in [4.69, 9.17) is 19.5 Å². The number of hydrogen-bond acceptors (Lipinski definition) is 5. The third-order valence-corrected chi connectivity index (χ3v) is 4.32. The van der Waals surface area contributed by atoms with E-state index in [0.717, 1.165) is 22.4 Å². The molecule has 6 heteroatoms. The van der Waals surface area contributed by atoms with Crippen LogP contribution < -0.4 is 19.5 Å². The molecule has 0 bridgehead atoms. The average molecular weight is 382 g/mol.